The van der Waals surface area contributed by atoms with Gasteiger partial charge in [0, 0.05) is 22.0 Å². The van der Waals surface area contributed by atoms with Crippen LogP contribution in [0.15, 0.2) is 57.8 Å². The molecule has 0 spiro atoms. The smallest absolute Gasteiger partial charge is 0.251 e. The number of H-pyrrole nitrogens is 1. The molecule has 1 heterocycles. The highest BCUT2D eigenvalue weighted by atomic mass is 79.9. The first-order chi connectivity index (χ1) is 9.61. The van der Waals surface area contributed by atoms with E-state index >= 15 is 0 Å². The molecule has 0 unspecified atom stereocenters. The van der Waals surface area contributed by atoms with Gasteiger partial charge in [-0.2, -0.15) is 0 Å². The maximum atomic E-state index is 12.9. The molecule has 3 rings (SSSR count). The molecule has 1 aromatic heterocycles. The fourth-order valence-electron chi connectivity index (χ4n) is 2.18. The quantitative estimate of drug-likeness (QED) is 0.755. The minimum Gasteiger partial charge on any atom is -0.322 e. The summed E-state index contributed by atoms with van der Waals surface area (Å²) in [6.07, 6.45) is 0.484. The zero-order valence-electron chi connectivity index (χ0n) is 10.5. The van der Waals surface area contributed by atoms with Crippen LogP contribution in [0.25, 0.3) is 10.9 Å². The molecule has 0 aliphatic heterocycles. The van der Waals surface area contributed by atoms with Crippen LogP contribution in [0.2, 0.25) is 0 Å². The first kappa shape index (κ1) is 13.1. The van der Waals surface area contributed by atoms with E-state index in [0.717, 1.165) is 20.9 Å². The van der Waals surface area contributed by atoms with Crippen molar-refractivity contribution >= 4 is 26.8 Å². The van der Waals surface area contributed by atoms with E-state index in [9.17, 15) is 9.18 Å². The van der Waals surface area contributed by atoms with Crippen LogP contribution in [-0.2, 0) is 6.42 Å². The Bertz CT molecular complexity index is 824. The van der Waals surface area contributed by atoms with Crippen LogP contribution in [-0.4, -0.2) is 4.98 Å². The van der Waals surface area contributed by atoms with Gasteiger partial charge in [-0.15, -0.1) is 0 Å². The molecule has 20 heavy (non-hydrogen) atoms. The predicted molar refractivity (Wildman–Crippen MR) is 81.5 cm³/mol. The molecule has 0 atom stereocenters. The van der Waals surface area contributed by atoms with Crippen molar-refractivity contribution < 1.29 is 4.39 Å². The van der Waals surface area contributed by atoms with Crippen molar-refractivity contribution in [2.45, 2.75) is 6.42 Å². The number of halogens is 2. The summed E-state index contributed by atoms with van der Waals surface area (Å²) in [7, 11) is 0. The van der Waals surface area contributed by atoms with Crippen molar-refractivity contribution in [1.29, 1.82) is 0 Å². The Morgan fingerprint density at radius 3 is 2.55 bits per heavy atom. The molecule has 0 bridgehead atoms. The van der Waals surface area contributed by atoms with E-state index in [-0.39, 0.29) is 11.4 Å². The average Bonchev–Trinajstić information content (AvgIpc) is 2.42. The second kappa shape index (κ2) is 5.21. The second-order valence-electron chi connectivity index (χ2n) is 4.66. The topological polar surface area (TPSA) is 32.9 Å². The molecule has 1 N–H and O–H groups in total. The number of nitrogens with one attached hydrogen (secondary N) is 1. The second-order valence-corrected chi connectivity index (χ2v) is 5.57. The third-order valence-corrected chi connectivity index (χ3v) is 3.68. The Labute approximate surface area is 123 Å². The number of benzene rings is 2. The molecule has 0 aliphatic carbocycles. The number of pyridine rings is 1. The number of fused-ring (bicyclic) bond motifs is 1. The van der Waals surface area contributed by atoms with Crippen molar-refractivity contribution in [2.24, 2.45) is 0 Å². The normalized spacial score (nSPS) is 10.9. The van der Waals surface area contributed by atoms with Crippen molar-refractivity contribution in [3.63, 3.8) is 0 Å². The van der Waals surface area contributed by atoms with E-state index < -0.39 is 0 Å². The molecule has 0 radical (unpaired) electrons. The summed E-state index contributed by atoms with van der Waals surface area (Å²) in [5, 5.41) is 0.969. The summed E-state index contributed by atoms with van der Waals surface area (Å²) in [6, 6.07) is 13.8. The standard InChI is InChI=1S/C16H11BrFNO/c17-13-3-6-15-11(9-13)8-12(16(20)19-15)7-10-1-4-14(18)5-2-10/h1-6,8-9H,7H2,(H,19,20). The van der Waals surface area contributed by atoms with Crippen molar-refractivity contribution in [2.75, 3.05) is 0 Å². The SMILES string of the molecule is O=c1[nH]c2ccc(Br)cc2cc1Cc1ccc(F)cc1. The van der Waals surface area contributed by atoms with Crippen LogP contribution in [0, 0.1) is 5.82 Å². The number of hydrogen-bond acceptors (Lipinski definition) is 1. The zero-order valence-corrected chi connectivity index (χ0v) is 12.1. The van der Waals surface area contributed by atoms with Crippen LogP contribution in [0.3, 0.4) is 0 Å². The molecular weight excluding hydrogens is 321 g/mol. The van der Waals surface area contributed by atoms with E-state index in [4.69, 9.17) is 0 Å². The monoisotopic (exact) mass is 331 g/mol. The van der Waals surface area contributed by atoms with Crippen LogP contribution >= 0.6 is 15.9 Å². The van der Waals surface area contributed by atoms with Gasteiger partial charge in [-0.05, 0) is 47.3 Å². The Morgan fingerprint density at radius 1 is 1.05 bits per heavy atom. The maximum Gasteiger partial charge on any atom is 0.251 e. The van der Waals surface area contributed by atoms with Crippen LogP contribution < -0.4 is 5.56 Å². The first-order valence-electron chi connectivity index (χ1n) is 6.18. The van der Waals surface area contributed by atoms with E-state index in [1.54, 1.807) is 12.1 Å². The Morgan fingerprint density at radius 2 is 1.80 bits per heavy atom. The van der Waals surface area contributed by atoms with Crippen LogP contribution in [0.5, 0.6) is 0 Å². The Hall–Kier alpha value is -1.94. The third kappa shape index (κ3) is 2.65. The number of rotatable bonds is 2. The van der Waals surface area contributed by atoms with Gasteiger partial charge in [0.05, 0.1) is 0 Å². The summed E-state index contributed by atoms with van der Waals surface area (Å²) < 4.78 is 13.8. The summed E-state index contributed by atoms with van der Waals surface area (Å²) in [6.45, 7) is 0. The van der Waals surface area contributed by atoms with Gasteiger partial charge in [0.25, 0.3) is 5.56 Å². The van der Waals surface area contributed by atoms with Gasteiger partial charge in [0.2, 0.25) is 0 Å². The van der Waals surface area contributed by atoms with Gasteiger partial charge in [0.15, 0.2) is 0 Å². The molecule has 0 saturated carbocycles. The molecule has 0 fully saturated rings. The van der Waals surface area contributed by atoms with Crippen LogP contribution in [0.1, 0.15) is 11.1 Å². The molecule has 2 aromatic carbocycles. The molecule has 0 aliphatic rings. The molecule has 100 valence electrons. The summed E-state index contributed by atoms with van der Waals surface area (Å²) >= 11 is 3.42. The summed E-state index contributed by atoms with van der Waals surface area (Å²) in [5.74, 6) is -0.273. The lowest BCUT2D eigenvalue weighted by molar-refractivity contribution is 0.627. The lowest BCUT2D eigenvalue weighted by Crippen LogP contribution is -2.12. The van der Waals surface area contributed by atoms with E-state index in [1.165, 1.54) is 12.1 Å². The van der Waals surface area contributed by atoms with Crippen LogP contribution in [0.4, 0.5) is 4.39 Å². The zero-order chi connectivity index (χ0) is 14.1. The van der Waals surface area contributed by atoms with Gasteiger partial charge >= 0.3 is 0 Å². The molecule has 4 heteroatoms. The fourth-order valence-corrected chi connectivity index (χ4v) is 2.55. The van der Waals surface area contributed by atoms with Crippen molar-refractivity contribution in [3.05, 3.63) is 80.3 Å². The number of aromatic nitrogens is 1. The molecule has 3 aromatic rings. The largest absolute Gasteiger partial charge is 0.322 e. The lowest BCUT2D eigenvalue weighted by atomic mass is 10.0. The molecular formula is C16H11BrFNO. The average molecular weight is 332 g/mol. The Balaban J connectivity index is 2.04. The number of hydrogen-bond donors (Lipinski definition) is 1. The van der Waals surface area contributed by atoms with Gasteiger partial charge in [-0.3, -0.25) is 4.79 Å². The van der Waals surface area contributed by atoms with E-state index in [1.807, 2.05) is 24.3 Å². The highest BCUT2D eigenvalue weighted by Gasteiger charge is 2.05. The lowest BCUT2D eigenvalue weighted by Gasteiger charge is -2.04. The van der Waals surface area contributed by atoms with Gasteiger partial charge in [-0.1, -0.05) is 28.1 Å². The van der Waals surface area contributed by atoms with Gasteiger partial charge in [0.1, 0.15) is 5.82 Å². The highest BCUT2D eigenvalue weighted by Crippen LogP contribution is 2.18. The summed E-state index contributed by atoms with van der Waals surface area (Å²) in [4.78, 5) is 14.9. The van der Waals surface area contributed by atoms with Crippen molar-refractivity contribution in [3.8, 4) is 0 Å². The molecule has 2 nitrogen and oxygen atoms in total. The minimum absolute atomic E-state index is 0.107. The third-order valence-electron chi connectivity index (χ3n) is 3.19. The maximum absolute atomic E-state index is 12.9. The van der Waals surface area contributed by atoms with Crippen molar-refractivity contribution in [1.82, 2.24) is 4.98 Å². The van der Waals surface area contributed by atoms with Gasteiger partial charge < -0.3 is 4.98 Å². The Kier molecular flexibility index (Phi) is 3.40. The fraction of sp³-hybridized carbons (Fsp3) is 0.0625. The molecule has 0 amide bonds. The van der Waals surface area contributed by atoms with Gasteiger partial charge in [-0.25, -0.2) is 4.39 Å². The van der Waals surface area contributed by atoms with E-state index in [2.05, 4.69) is 20.9 Å². The first-order valence-corrected chi connectivity index (χ1v) is 6.97. The predicted octanol–water partition coefficient (Wildman–Crippen LogP) is 4.02. The summed E-state index contributed by atoms with van der Waals surface area (Å²) in [5.41, 5.74) is 2.28. The number of aromatic amines is 1. The van der Waals surface area contributed by atoms with E-state index in [0.29, 0.717) is 12.0 Å². The molecule has 0 saturated heterocycles. The highest BCUT2D eigenvalue weighted by molar-refractivity contribution is 9.10. The minimum atomic E-state index is -0.273.